The Balaban J connectivity index is 1.95. The SMILES string of the molecule is CCOC(=O)CNCc1cnn(-c2ccc(C(C)C)cc2)c1-c1ccccc1F. The van der Waals surface area contributed by atoms with Gasteiger partial charge in [0.15, 0.2) is 0 Å². The molecule has 0 amide bonds. The van der Waals surface area contributed by atoms with Gasteiger partial charge in [-0.25, -0.2) is 9.07 Å². The highest BCUT2D eigenvalue weighted by molar-refractivity contribution is 5.71. The lowest BCUT2D eigenvalue weighted by Gasteiger charge is -2.13. The predicted molar refractivity (Wildman–Crippen MR) is 111 cm³/mol. The molecule has 0 radical (unpaired) electrons. The summed E-state index contributed by atoms with van der Waals surface area (Å²) in [5.41, 5.74) is 4.00. The number of hydrogen-bond donors (Lipinski definition) is 1. The molecule has 29 heavy (non-hydrogen) atoms. The van der Waals surface area contributed by atoms with Crippen molar-refractivity contribution < 1.29 is 13.9 Å². The van der Waals surface area contributed by atoms with Crippen molar-refractivity contribution in [1.82, 2.24) is 15.1 Å². The molecule has 0 bridgehead atoms. The molecule has 6 heteroatoms. The minimum absolute atomic E-state index is 0.0822. The van der Waals surface area contributed by atoms with Crippen molar-refractivity contribution in [2.45, 2.75) is 33.2 Å². The molecule has 1 heterocycles. The number of carbonyl (C=O) groups excluding carboxylic acids is 1. The third kappa shape index (κ3) is 4.90. The number of rotatable bonds is 8. The van der Waals surface area contributed by atoms with Gasteiger partial charge in [0.05, 0.1) is 30.7 Å². The molecule has 0 saturated heterocycles. The van der Waals surface area contributed by atoms with Crippen molar-refractivity contribution in [2.24, 2.45) is 0 Å². The van der Waals surface area contributed by atoms with Crippen LogP contribution in [0.15, 0.2) is 54.7 Å². The second-order valence-electron chi connectivity index (χ2n) is 7.06. The van der Waals surface area contributed by atoms with Crippen molar-refractivity contribution in [2.75, 3.05) is 13.2 Å². The lowest BCUT2D eigenvalue weighted by molar-refractivity contribution is -0.142. The van der Waals surface area contributed by atoms with Crippen LogP contribution in [-0.2, 0) is 16.1 Å². The van der Waals surface area contributed by atoms with Gasteiger partial charge in [0.25, 0.3) is 0 Å². The average Bonchev–Trinajstić information content (AvgIpc) is 3.12. The highest BCUT2D eigenvalue weighted by Crippen LogP contribution is 2.29. The van der Waals surface area contributed by atoms with E-state index in [1.54, 1.807) is 36.0 Å². The van der Waals surface area contributed by atoms with Gasteiger partial charge in [-0.05, 0) is 42.7 Å². The Morgan fingerprint density at radius 2 is 1.90 bits per heavy atom. The Hall–Kier alpha value is -2.99. The van der Waals surface area contributed by atoms with E-state index in [-0.39, 0.29) is 18.3 Å². The molecule has 0 unspecified atom stereocenters. The summed E-state index contributed by atoms with van der Waals surface area (Å²) in [5.74, 6) is -0.216. The quantitative estimate of drug-likeness (QED) is 0.573. The third-order valence-electron chi connectivity index (χ3n) is 4.67. The molecule has 3 rings (SSSR count). The minimum Gasteiger partial charge on any atom is -0.465 e. The van der Waals surface area contributed by atoms with E-state index in [0.29, 0.717) is 30.3 Å². The summed E-state index contributed by atoms with van der Waals surface area (Å²) in [6.07, 6.45) is 1.70. The number of ether oxygens (including phenoxy) is 1. The molecule has 0 fully saturated rings. The van der Waals surface area contributed by atoms with Gasteiger partial charge in [-0.15, -0.1) is 0 Å². The molecule has 0 atom stereocenters. The molecule has 1 N–H and O–H groups in total. The second-order valence-corrected chi connectivity index (χ2v) is 7.06. The monoisotopic (exact) mass is 395 g/mol. The van der Waals surface area contributed by atoms with E-state index >= 15 is 0 Å². The molecule has 152 valence electrons. The van der Waals surface area contributed by atoms with Crippen LogP contribution in [0.3, 0.4) is 0 Å². The summed E-state index contributed by atoms with van der Waals surface area (Å²) >= 11 is 0. The predicted octanol–water partition coefficient (Wildman–Crippen LogP) is 4.45. The van der Waals surface area contributed by atoms with Crippen molar-refractivity contribution >= 4 is 5.97 Å². The number of nitrogens with zero attached hydrogens (tertiary/aromatic N) is 2. The van der Waals surface area contributed by atoms with Gasteiger partial charge < -0.3 is 10.1 Å². The van der Waals surface area contributed by atoms with Crippen molar-refractivity contribution in [3.05, 3.63) is 71.7 Å². The summed E-state index contributed by atoms with van der Waals surface area (Å²) in [7, 11) is 0. The van der Waals surface area contributed by atoms with Gasteiger partial charge >= 0.3 is 5.97 Å². The Morgan fingerprint density at radius 1 is 1.17 bits per heavy atom. The van der Waals surface area contributed by atoms with Crippen LogP contribution in [0.2, 0.25) is 0 Å². The molecule has 2 aromatic carbocycles. The van der Waals surface area contributed by atoms with Crippen LogP contribution in [0.5, 0.6) is 0 Å². The number of aromatic nitrogens is 2. The van der Waals surface area contributed by atoms with Crippen LogP contribution >= 0.6 is 0 Å². The van der Waals surface area contributed by atoms with E-state index in [4.69, 9.17) is 4.74 Å². The Kier molecular flexibility index (Phi) is 6.77. The summed E-state index contributed by atoms with van der Waals surface area (Å²) in [6, 6.07) is 14.7. The number of esters is 1. The normalized spacial score (nSPS) is 11.1. The fraction of sp³-hybridized carbons (Fsp3) is 0.304. The van der Waals surface area contributed by atoms with E-state index in [0.717, 1.165) is 11.3 Å². The molecule has 1 aromatic heterocycles. The van der Waals surface area contributed by atoms with E-state index in [9.17, 15) is 9.18 Å². The van der Waals surface area contributed by atoms with Gasteiger partial charge in [-0.2, -0.15) is 5.10 Å². The summed E-state index contributed by atoms with van der Waals surface area (Å²) < 4.78 is 21.3. The van der Waals surface area contributed by atoms with Gasteiger partial charge in [-0.3, -0.25) is 4.79 Å². The molecule has 0 aliphatic rings. The van der Waals surface area contributed by atoms with E-state index in [1.165, 1.54) is 11.6 Å². The van der Waals surface area contributed by atoms with Crippen LogP contribution in [-0.4, -0.2) is 28.9 Å². The maximum atomic E-state index is 14.6. The summed E-state index contributed by atoms with van der Waals surface area (Å²) in [4.78, 5) is 11.6. The Morgan fingerprint density at radius 3 is 2.55 bits per heavy atom. The van der Waals surface area contributed by atoms with E-state index < -0.39 is 0 Å². The zero-order valence-corrected chi connectivity index (χ0v) is 17.0. The fourth-order valence-corrected chi connectivity index (χ4v) is 3.16. The van der Waals surface area contributed by atoms with Crippen molar-refractivity contribution in [1.29, 1.82) is 0 Å². The Bertz CT molecular complexity index is 965. The summed E-state index contributed by atoms with van der Waals surface area (Å²) in [5, 5.41) is 7.56. The van der Waals surface area contributed by atoms with Crippen LogP contribution in [0, 0.1) is 5.82 Å². The van der Waals surface area contributed by atoms with Crippen LogP contribution < -0.4 is 5.32 Å². The first-order chi connectivity index (χ1) is 14.0. The topological polar surface area (TPSA) is 56.1 Å². The average molecular weight is 395 g/mol. The second kappa shape index (κ2) is 9.47. The molecule has 3 aromatic rings. The van der Waals surface area contributed by atoms with Crippen LogP contribution in [0.25, 0.3) is 16.9 Å². The highest BCUT2D eigenvalue weighted by atomic mass is 19.1. The molecule has 0 aliphatic heterocycles. The highest BCUT2D eigenvalue weighted by Gasteiger charge is 2.18. The van der Waals surface area contributed by atoms with Crippen LogP contribution in [0.4, 0.5) is 4.39 Å². The first-order valence-corrected chi connectivity index (χ1v) is 9.79. The molecule has 0 spiro atoms. The number of benzene rings is 2. The molecular formula is C23H26FN3O2. The molecule has 0 aliphatic carbocycles. The van der Waals surface area contributed by atoms with E-state index in [2.05, 4.69) is 36.4 Å². The number of nitrogens with one attached hydrogen (secondary N) is 1. The van der Waals surface area contributed by atoms with Gasteiger partial charge in [0.1, 0.15) is 5.82 Å². The first-order valence-electron chi connectivity index (χ1n) is 9.79. The lowest BCUT2D eigenvalue weighted by Crippen LogP contribution is -2.24. The van der Waals surface area contributed by atoms with Crippen molar-refractivity contribution in [3.63, 3.8) is 0 Å². The number of hydrogen-bond acceptors (Lipinski definition) is 4. The van der Waals surface area contributed by atoms with Gasteiger partial charge in [0.2, 0.25) is 0 Å². The van der Waals surface area contributed by atoms with Crippen molar-refractivity contribution in [3.8, 4) is 16.9 Å². The smallest absolute Gasteiger partial charge is 0.319 e. The number of carbonyl (C=O) groups is 1. The Labute approximate surface area is 170 Å². The standard InChI is InChI=1S/C23H26FN3O2/c1-4-29-22(28)15-25-13-18-14-26-27(19-11-9-17(10-12-19)16(2)3)23(18)20-7-5-6-8-21(20)24/h5-12,14,16,25H,4,13,15H2,1-3H3. The molecule has 5 nitrogen and oxygen atoms in total. The van der Waals surface area contributed by atoms with Crippen LogP contribution in [0.1, 0.15) is 37.8 Å². The van der Waals surface area contributed by atoms with Gasteiger partial charge in [-0.1, -0.05) is 38.1 Å². The van der Waals surface area contributed by atoms with E-state index in [1.807, 2.05) is 12.1 Å². The minimum atomic E-state index is -0.323. The maximum absolute atomic E-state index is 14.6. The molecule has 0 saturated carbocycles. The summed E-state index contributed by atoms with van der Waals surface area (Å²) in [6.45, 7) is 6.83. The third-order valence-corrected chi connectivity index (χ3v) is 4.67. The van der Waals surface area contributed by atoms with Gasteiger partial charge in [0, 0.05) is 17.7 Å². The first kappa shape index (κ1) is 20.7. The molecular weight excluding hydrogens is 369 g/mol. The number of halogens is 1. The fourth-order valence-electron chi connectivity index (χ4n) is 3.16. The zero-order valence-electron chi connectivity index (χ0n) is 17.0. The largest absolute Gasteiger partial charge is 0.465 e. The zero-order chi connectivity index (χ0) is 20.8. The lowest BCUT2D eigenvalue weighted by atomic mass is 10.0. The maximum Gasteiger partial charge on any atom is 0.319 e.